The molecule has 3 unspecified atom stereocenters. The predicted octanol–water partition coefficient (Wildman–Crippen LogP) is 2.94. The van der Waals surface area contributed by atoms with Crippen molar-refractivity contribution in [3.8, 4) is 0 Å². The SMILES string of the molecule is CC1C(=O)Nc2cc(C(=O)NC3CCCCC3N)ccc2N1C(=O)C1CCCCC1. The third kappa shape index (κ3) is 4.08. The van der Waals surface area contributed by atoms with Gasteiger partial charge in [-0.1, -0.05) is 32.1 Å². The standard InChI is InChI=1S/C23H32N4O3/c1-14-21(28)26-19-13-16(22(29)25-18-10-6-5-9-17(18)24)11-12-20(19)27(14)23(30)15-7-3-2-4-8-15/h11-15,17-18H,2-10,24H2,1H3,(H,25,29)(H,26,28). The van der Waals surface area contributed by atoms with Gasteiger partial charge in [-0.2, -0.15) is 0 Å². The predicted molar refractivity (Wildman–Crippen MR) is 116 cm³/mol. The van der Waals surface area contributed by atoms with E-state index in [1.54, 1.807) is 30.0 Å². The molecule has 1 aromatic rings. The Kier molecular flexibility index (Phi) is 6.09. The van der Waals surface area contributed by atoms with Gasteiger partial charge < -0.3 is 16.4 Å². The van der Waals surface area contributed by atoms with Gasteiger partial charge >= 0.3 is 0 Å². The maximum Gasteiger partial charge on any atom is 0.251 e. The summed E-state index contributed by atoms with van der Waals surface area (Å²) in [5, 5.41) is 5.91. The van der Waals surface area contributed by atoms with E-state index in [4.69, 9.17) is 5.73 Å². The van der Waals surface area contributed by atoms with Gasteiger partial charge in [0, 0.05) is 23.6 Å². The Labute approximate surface area is 177 Å². The normalized spacial score (nSPS) is 27.2. The van der Waals surface area contributed by atoms with Crippen LogP contribution in [0, 0.1) is 5.92 Å². The molecule has 3 atom stereocenters. The zero-order valence-corrected chi connectivity index (χ0v) is 17.7. The largest absolute Gasteiger partial charge is 0.348 e. The van der Waals surface area contributed by atoms with E-state index in [0.29, 0.717) is 16.9 Å². The molecule has 4 N–H and O–H groups in total. The summed E-state index contributed by atoms with van der Waals surface area (Å²) in [5.41, 5.74) is 7.81. The van der Waals surface area contributed by atoms with Crippen LogP contribution in [0.3, 0.4) is 0 Å². The van der Waals surface area contributed by atoms with Crippen molar-refractivity contribution in [2.24, 2.45) is 11.7 Å². The zero-order valence-electron chi connectivity index (χ0n) is 17.7. The lowest BCUT2D eigenvalue weighted by Gasteiger charge is -2.37. The maximum absolute atomic E-state index is 13.2. The molecule has 2 saturated carbocycles. The summed E-state index contributed by atoms with van der Waals surface area (Å²) in [5.74, 6) is -0.434. The second kappa shape index (κ2) is 8.76. The second-order valence-corrected chi connectivity index (χ2v) is 8.97. The van der Waals surface area contributed by atoms with Crippen molar-refractivity contribution < 1.29 is 14.4 Å². The van der Waals surface area contributed by atoms with Crippen molar-refractivity contribution in [2.75, 3.05) is 10.2 Å². The highest BCUT2D eigenvalue weighted by Crippen LogP contribution is 2.36. The minimum absolute atomic E-state index is 0.0173. The van der Waals surface area contributed by atoms with Gasteiger partial charge in [-0.15, -0.1) is 0 Å². The minimum Gasteiger partial charge on any atom is -0.348 e. The number of amides is 3. The molecule has 4 rings (SSSR count). The smallest absolute Gasteiger partial charge is 0.251 e. The molecule has 7 nitrogen and oxygen atoms in total. The number of carbonyl (C=O) groups excluding carboxylic acids is 3. The van der Waals surface area contributed by atoms with Crippen LogP contribution < -0.4 is 21.3 Å². The second-order valence-electron chi connectivity index (χ2n) is 8.97. The van der Waals surface area contributed by atoms with E-state index in [1.165, 1.54) is 6.42 Å². The Balaban J connectivity index is 1.56. The molecule has 0 bridgehead atoms. The molecule has 0 radical (unpaired) electrons. The van der Waals surface area contributed by atoms with E-state index in [9.17, 15) is 14.4 Å². The molecule has 3 aliphatic rings. The van der Waals surface area contributed by atoms with E-state index < -0.39 is 6.04 Å². The van der Waals surface area contributed by atoms with Crippen molar-refractivity contribution in [3.63, 3.8) is 0 Å². The molecule has 0 spiro atoms. The molecule has 1 heterocycles. The summed E-state index contributed by atoms with van der Waals surface area (Å²) in [6, 6.07) is 4.57. The number of hydrogen-bond donors (Lipinski definition) is 3. The molecule has 1 aliphatic heterocycles. The molecule has 3 amide bonds. The Morgan fingerprint density at radius 1 is 1.07 bits per heavy atom. The van der Waals surface area contributed by atoms with Gasteiger partial charge in [0.2, 0.25) is 11.8 Å². The fourth-order valence-corrected chi connectivity index (χ4v) is 5.00. The number of carbonyl (C=O) groups is 3. The number of nitrogens with two attached hydrogens (primary N) is 1. The van der Waals surface area contributed by atoms with Crippen LogP contribution in [0.5, 0.6) is 0 Å². The first kappa shape index (κ1) is 20.8. The molecular formula is C23H32N4O3. The van der Waals surface area contributed by atoms with Crippen molar-refractivity contribution in [1.82, 2.24) is 5.32 Å². The summed E-state index contributed by atoms with van der Waals surface area (Å²) in [6.45, 7) is 1.75. The van der Waals surface area contributed by atoms with Crippen LogP contribution in [0.1, 0.15) is 75.1 Å². The molecule has 0 aromatic heterocycles. The van der Waals surface area contributed by atoms with Gasteiger partial charge in [0.1, 0.15) is 6.04 Å². The highest BCUT2D eigenvalue weighted by Gasteiger charge is 2.37. The van der Waals surface area contributed by atoms with Gasteiger partial charge in [-0.25, -0.2) is 0 Å². The number of fused-ring (bicyclic) bond motifs is 1. The van der Waals surface area contributed by atoms with Crippen LogP contribution in [0.4, 0.5) is 11.4 Å². The third-order valence-electron chi connectivity index (χ3n) is 6.87. The van der Waals surface area contributed by atoms with Crippen LogP contribution in [0.25, 0.3) is 0 Å². The average molecular weight is 413 g/mol. The van der Waals surface area contributed by atoms with Crippen molar-refractivity contribution in [1.29, 1.82) is 0 Å². The third-order valence-corrected chi connectivity index (χ3v) is 6.87. The number of anilines is 2. The van der Waals surface area contributed by atoms with Gasteiger partial charge in [0.05, 0.1) is 11.4 Å². The van der Waals surface area contributed by atoms with Crippen molar-refractivity contribution in [2.45, 2.75) is 82.8 Å². The first-order valence-electron chi connectivity index (χ1n) is 11.3. The molecule has 1 aromatic carbocycles. The van der Waals surface area contributed by atoms with Gasteiger partial charge in [-0.3, -0.25) is 19.3 Å². The van der Waals surface area contributed by atoms with E-state index in [-0.39, 0.29) is 35.7 Å². The van der Waals surface area contributed by atoms with Crippen LogP contribution in [0.15, 0.2) is 18.2 Å². The molecule has 0 saturated heterocycles. The molecule has 162 valence electrons. The molecule has 30 heavy (non-hydrogen) atoms. The molecular weight excluding hydrogens is 380 g/mol. The van der Waals surface area contributed by atoms with Crippen LogP contribution in [-0.4, -0.2) is 35.8 Å². The lowest BCUT2D eigenvalue weighted by atomic mass is 9.87. The first-order chi connectivity index (χ1) is 14.5. The fraction of sp³-hybridized carbons (Fsp3) is 0.609. The van der Waals surface area contributed by atoms with Crippen LogP contribution in [0.2, 0.25) is 0 Å². The number of hydrogen-bond acceptors (Lipinski definition) is 4. The summed E-state index contributed by atoms with van der Waals surface area (Å²) >= 11 is 0. The van der Waals surface area contributed by atoms with Gasteiger partial charge in [-0.05, 0) is 50.8 Å². The Bertz CT molecular complexity index is 834. The van der Waals surface area contributed by atoms with E-state index in [2.05, 4.69) is 10.6 Å². The van der Waals surface area contributed by atoms with E-state index in [1.807, 2.05) is 0 Å². The average Bonchev–Trinajstić information content (AvgIpc) is 2.76. The Morgan fingerprint density at radius 3 is 2.50 bits per heavy atom. The van der Waals surface area contributed by atoms with Gasteiger partial charge in [0.25, 0.3) is 5.91 Å². The lowest BCUT2D eigenvalue weighted by molar-refractivity contribution is -0.126. The Hall–Kier alpha value is -2.41. The number of benzene rings is 1. The summed E-state index contributed by atoms with van der Waals surface area (Å²) < 4.78 is 0. The first-order valence-corrected chi connectivity index (χ1v) is 11.3. The van der Waals surface area contributed by atoms with Crippen LogP contribution >= 0.6 is 0 Å². The number of rotatable bonds is 3. The van der Waals surface area contributed by atoms with Crippen molar-refractivity contribution >= 4 is 29.1 Å². The van der Waals surface area contributed by atoms with Gasteiger partial charge in [0.15, 0.2) is 0 Å². The Morgan fingerprint density at radius 2 is 1.77 bits per heavy atom. The van der Waals surface area contributed by atoms with Crippen LogP contribution in [-0.2, 0) is 9.59 Å². The summed E-state index contributed by atoms with van der Waals surface area (Å²) in [6.07, 6.45) is 9.00. The highest BCUT2D eigenvalue weighted by atomic mass is 16.2. The maximum atomic E-state index is 13.2. The molecule has 2 fully saturated rings. The van der Waals surface area contributed by atoms with Crippen molar-refractivity contribution in [3.05, 3.63) is 23.8 Å². The highest BCUT2D eigenvalue weighted by molar-refractivity contribution is 6.13. The quantitative estimate of drug-likeness (QED) is 0.710. The lowest BCUT2D eigenvalue weighted by Crippen LogP contribution is -2.51. The topological polar surface area (TPSA) is 105 Å². The zero-order chi connectivity index (χ0) is 21.3. The number of nitrogens with one attached hydrogen (secondary N) is 2. The molecule has 7 heteroatoms. The minimum atomic E-state index is -0.563. The summed E-state index contributed by atoms with van der Waals surface area (Å²) in [4.78, 5) is 40.2. The number of nitrogens with zero attached hydrogens (tertiary/aromatic N) is 1. The fourth-order valence-electron chi connectivity index (χ4n) is 5.00. The monoisotopic (exact) mass is 412 g/mol. The van der Waals surface area contributed by atoms with E-state index >= 15 is 0 Å². The molecule has 2 aliphatic carbocycles. The summed E-state index contributed by atoms with van der Waals surface area (Å²) in [7, 11) is 0. The van der Waals surface area contributed by atoms with E-state index in [0.717, 1.165) is 51.4 Å².